The Labute approximate surface area is 74.9 Å². The van der Waals surface area contributed by atoms with Crippen molar-refractivity contribution in [3.63, 3.8) is 0 Å². The molecule has 72 valence electrons. The number of hydrogen-bond donors (Lipinski definition) is 1. The fourth-order valence-electron chi connectivity index (χ4n) is 1.62. The van der Waals surface area contributed by atoms with Gasteiger partial charge in [0.05, 0.1) is 6.61 Å². The molecule has 0 aromatic carbocycles. The lowest BCUT2D eigenvalue weighted by Gasteiger charge is -2.14. The lowest BCUT2D eigenvalue weighted by molar-refractivity contribution is 0.120. The van der Waals surface area contributed by atoms with E-state index in [0.29, 0.717) is 12.0 Å². The molecule has 2 atom stereocenters. The zero-order chi connectivity index (χ0) is 8.97. The summed E-state index contributed by atoms with van der Waals surface area (Å²) >= 11 is 0. The molecule has 0 aliphatic carbocycles. The van der Waals surface area contributed by atoms with Crippen molar-refractivity contribution in [3.8, 4) is 0 Å². The van der Waals surface area contributed by atoms with Gasteiger partial charge in [0.1, 0.15) is 0 Å². The standard InChI is InChI=1S/C9H20N2O/c1-3-12-5-4-11-6-8(2)9(10)7-11/h8-9H,3-7,10H2,1-2H3. The van der Waals surface area contributed by atoms with Crippen molar-refractivity contribution in [1.82, 2.24) is 4.90 Å². The summed E-state index contributed by atoms with van der Waals surface area (Å²) < 4.78 is 5.28. The molecule has 0 radical (unpaired) electrons. The number of nitrogens with zero attached hydrogens (tertiary/aromatic N) is 1. The molecule has 0 bridgehead atoms. The summed E-state index contributed by atoms with van der Waals surface area (Å²) in [5.74, 6) is 0.645. The Morgan fingerprint density at radius 3 is 2.75 bits per heavy atom. The first-order valence-corrected chi connectivity index (χ1v) is 4.79. The molecule has 12 heavy (non-hydrogen) atoms. The first-order chi connectivity index (χ1) is 5.74. The minimum absolute atomic E-state index is 0.367. The highest BCUT2D eigenvalue weighted by Gasteiger charge is 2.25. The number of ether oxygens (including phenoxy) is 1. The summed E-state index contributed by atoms with van der Waals surface area (Å²) in [6, 6.07) is 0.367. The smallest absolute Gasteiger partial charge is 0.0593 e. The average molecular weight is 172 g/mol. The molecule has 1 fully saturated rings. The van der Waals surface area contributed by atoms with Gasteiger partial charge in [-0.2, -0.15) is 0 Å². The van der Waals surface area contributed by atoms with E-state index in [0.717, 1.165) is 32.8 Å². The van der Waals surface area contributed by atoms with E-state index >= 15 is 0 Å². The van der Waals surface area contributed by atoms with Crippen LogP contribution in [0, 0.1) is 5.92 Å². The maximum absolute atomic E-state index is 5.89. The second-order valence-electron chi connectivity index (χ2n) is 3.60. The molecular weight excluding hydrogens is 152 g/mol. The van der Waals surface area contributed by atoms with Crippen LogP contribution in [0.15, 0.2) is 0 Å². The van der Waals surface area contributed by atoms with Crippen LogP contribution in [-0.4, -0.2) is 43.8 Å². The van der Waals surface area contributed by atoms with Gasteiger partial charge in [-0.25, -0.2) is 0 Å². The second-order valence-corrected chi connectivity index (χ2v) is 3.60. The van der Waals surface area contributed by atoms with Gasteiger partial charge in [-0.3, -0.25) is 4.90 Å². The third-order valence-electron chi connectivity index (χ3n) is 2.50. The highest BCUT2D eigenvalue weighted by molar-refractivity contribution is 4.83. The molecule has 1 rings (SSSR count). The Bertz CT molecular complexity index is 120. The largest absolute Gasteiger partial charge is 0.380 e. The predicted octanol–water partition coefficient (Wildman–Crippen LogP) is 0.302. The van der Waals surface area contributed by atoms with E-state index in [-0.39, 0.29) is 0 Å². The van der Waals surface area contributed by atoms with Crippen LogP contribution in [-0.2, 0) is 4.74 Å². The van der Waals surface area contributed by atoms with Crippen molar-refractivity contribution < 1.29 is 4.74 Å². The maximum Gasteiger partial charge on any atom is 0.0593 e. The van der Waals surface area contributed by atoms with Crippen LogP contribution in [0.5, 0.6) is 0 Å². The summed E-state index contributed by atoms with van der Waals surface area (Å²) in [6.45, 7) is 9.10. The molecule has 1 saturated heterocycles. The monoisotopic (exact) mass is 172 g/mol. The average Bonchev–Trinajstić information content (AvgIpc) is 2.32. The number of likely N-dealkylation sites (tertiary alicyclic amines) is 1. The molecule has 1 aliphatic rings. The normalized spacial score (nSPS) is 31.2. The topological polar surface area (TPSA) is 38.5 Å². The van der Waals surface area contributed by atoms with Crippen LogP contribution < -0.4 is 5.73 Å². The first kappa shape index (κ1) is 9.96. The zero-order valence-corrected chi connectivity index (χ0v) is 8.12. The minimum Gasteiger partial charge on any atom is -0.380 e. The molecule has 1 aliphatic heterocycles. The first-order valence-electron chi connectivity index (χ1n) is 4.79. The van der Waals surface area contributed by atoms with Crippen molar-refractivity contribution in [2.24, 2.45) is 11.7 Å². The van der Waals surface area contributed by atoms with Crippen molar-refractivity contribution in [2.45, 2.75) is 19.9 Å². The van der Waals surface area contributed by atoms with Gasteiger partial charge in [0, 0.05) is 32.3 Å². The molecular formula is C9H20N2O. The van der Waals surface area contributed by atoms with Crippen molar-refractivity contribution >= 4 is 0 Å². The van der Waals surface area contributed by atoms with E-state index in [4.69, 9.17) is 10.5 Å². The Kier molecular flexibility index (Phi) is 3.98. The Balaban J connectivity index is 2.10. The van der Waals surface area contributed by atoms with Gasteiger partial charge in [0.25, 0.3) is 0 Å². The molecule has 1 heterocycles. The van der Waals surface area contributed by atoms with Crippen molar-refractivity contribution in [1.29, 1.82) is 0 Å². The van der Waals surface area contributed by atoms with Gasteiger partial charge in [0.15, 0.2) is 0 Å². The molecule has 3 heteroatoms. The lowest BCUT2D eigenvalue weighted by atomic mass is 10.1. The van der Waals surface area contributed by atoms with Crippen LogP contribution in [0.2, 0.25) is 0 Å². The van der Waals surface area contributed by atoms with Gasteiger partial charge >= 0.3 is 0 Å². The van der Waals surface area contributed by atoms with Crippen LogP contribution >= 0.6 is 0 Å². The van der Waals surface area contributed by atoms with Gasteiger partial charge < -0.3 is 10.5 Å². The highest BCUT2D eigenvalue weighted by atomic mass is 16.5. The highest BCUT2D eigenvalue weighted by Crippen LogP contribution is 2.13. The SMILES string of the molecule is CCOCCN1CC(C)C(N)C1. The molecule has 0 amide bonds. The fourth-order valence-corrected chi connectivity index (χ4v) is 1.62. The Hall–Kier alpha value is -0.120. The van der Waals surface area contributed by atoms with Crippen LogP contribution in [0.25, 0.3) is 0 Å². The van der Waals surface area contributed by atoms with E-state index in [2.05, 4.69) is 11.8 Å². The summed E-state index contributed by atoms with van der Waals surface area (Å²) in [6.07, 6.45) is 0. The van der Waals surface area contributed by atoms with Gasteiger partial charge in [-0.05, 0) is 12.8 Å². The van der Waals surface area contributed by atoms with Gasteiger partial charge in [-0.1, -0.05) is 6.92 Å². The minimum atomic E-state index is 0.367. The second kappa shape index (κ2) is 4.80. The Morgan fingerprint density at radius 2 is 2.25 bits per heavy atom. The number of nitrogens with two attached hydrogens (primary N) is 1. The van der Waals surface area contributed by atoms with Crippen molar-refractivity contribution in [2.75, 3.05) is 32.8 Å². The summed E-state index contributed by atoms with van der Waals surface area (Å²) in [7, 11) is 0. The van der Waals surface area contributed by atoms with E-state index < -0.39 is 0 Å². The molecule has 0 aromatic heterocycles. The van der Waals surface area contributed by atoms with Crippen LogP contribution in [0.3, 0.4) is 0 Å². The number of rotatable bonds is 4. The lowest BCUT2D eigenvalue weighted by Crippen LogP contribution is -2.30. The third-order valence-corrected chi connectivity index (χ3v) is 2.50. The number of hydrogen-bond acceptors (Lipinski definition) is 3. The molecule has 2 unspecified atom stereocenters. The molecule has 0 aromatic rings. The van der Waals surface area contributed by atoms with Crippen LogP contribution in [0.1, 0.15) is 13.8 Å². The molecule has 0 spiro atoms. The molecule has 2 N–H and O–H groups in total. The van der Waals surface area contributed by atoms with Gasteiger partial charge in [0.2, 0.25) is 0 Å². The molecule has 3 nitrogen and oxygen atoms in total. The van der Waals surface area contributed by atoms with E-state index in [1.165, 1.54) is 0 Å². The van der Waals surface area contributed by atoms with E-state index in [9.17, 15) is 0 Å². The van der Waals surface area contributed by atoms with E-state index in [1.54, 1.807) is 0 Å². The molecule has 0 saturated carbocycles. The zero-order valence-electron chi connectivity index (χ0n) is 8.12. The van der Waals surface area contributed by atoms with E-state index in [1.807, 2.05) is 6.92 Å². The third kappa shape index (κ3) is 2.73. The predicted molar refractivity (Wildman–Crippen MR) is 50.1 cm³/mol. The quantitative estimate of drug-likeness (QED) is 0.620. The summed E-state index contributed by atoms with van der Waals surface area (Å²) in [5, 5.41) is 0. The van der Waals surface area contributed by atoms with Crippen molar-refractivity contribution in [3.05, 3.63) is 0 Å². The Morgan fingerprint density at radius 1 is 1.50 bits per heavy atom. The van der Waals surface area contributed by atoms with Crippen LogP contribution in [0.4, 0.5) is 0 Å². The maximum atomic E-state index is 5.89. The fraction of sp³-hybridized carbons (Fsp3) is 1.00. The summed E-state index contributed by atoms with van der Waals surface area (Å²) in [4.78, 5) is 2.38. The van der Waals surface area contributed by atoms with Gasteiger partial charge in [-0.15, -0.1) is 0 Å². The summed E-state index contributed by atoms with van der Waals surface area (Å²) in [5.41, 5.74) is 5.89.